The molecule has 7 nitrogen and oxygen atoms in total. The van der Waals surface area contributed by atoms with Crippen molar-refractivity contribution in [3.63, 3.8) is 0 Å². The molecule has 116 valence electrons. The van der Waals surface area contributed by atoms with Crippen LogP contribution in [0.15, 0.2) is 23.1 Å². The van der Waals surface area contributed by atoms with Crippen LogP contribution < -0.4 is 5.73 Å². The van der Waals surface area contributed by atoms with Crippen molar-refractivity contribution >= 4 is 21.4 Å². The number of rotatable bonds is 3. The van der Waals surface area contributed by atoms with Crippen molar-refractivity contribution in [1.29, 1.82) is 0 Å². The van der Waals surface area contributed by atoms with Gasteiger partial charge in [-0.25, -0.2) is 8.42 Å². The Kier molecular flexibility index (Phi) is 4.48. The van der Waals surface area contributed by atoms with Gasteiger partial charge in [0.15, 0.2) is 4.90 Å². The Bertz CT molecular complexity index is 645. The van der Waals surface area contributed by atoms with Gasteiger partial charge in [0.05, 0.1) is 4.92 Å². The Hall–Kier alpha value is -1.67. The fourth-order valence-corrected chi connectivity index (χ4v) is 4.19. The summed E-state index contributed by atoms with van der Waals surface area (Å²) in [7, 11) is -3.90. The molecule has 0 aromatic heterocycles. The number of nitrogen functional groups attached to an aromatic ring is 1. The molecule has 2 N–H and O–H groups in total. The highest BCUT2D eigenvalue weighted by molar-refractivity contribution is 7.89. The number of nitrogens with two attached hydrogens (primary N) is 1. The summed E-state index contributed by atoms with van der Waals surface area (Å²) in [5.41, 5.74) is 5.37. The van der Waals surface area contributed by atoms with E-state index in [9.17, 15) is 18.5 Å². The number of nitro groups is 1. The van der Waals surface area contributed by atoms with E-state index in [1.165, 1.54) is 16.4 Å². The van der Waals surface area contributed by atoms with E-state index in [1.807, 2.05) is 0 Å². The van der Waals surface area contributed by atoms with E-state index in [1.54, 1.807) is 0 Å². The Balaban J connectivity index is 2.43. The maximum Gasteiger partial charge on any atom is 0.289 e. The standard InChI is InChI=1S/C13H19N3O4S/c1-10-3-2-7-15(8-6-10)21(19,20)13-9-11(14)4-5-12(13)16(17)18/h4-5,9-10H,2-3,6-8,14H2,1H3. The molecule has 1 saturated heterocycles. The molecular formula is C13H19N3O4S. The maximum atomic E-state index is 12.7. The Morgan fingerprint density at radius 3 is 2.71 bits per heavy atom. The fourth-order valence-electron chi connectivity index (χ4n) is 2.50. The molecule has 1 unspecified atom stereocenters. The first kappa shape index (κ1) is 15.7. The minimum Gasteiger partial charge on any atom is -0.399 e. The highest BCUT2D eigenvalue weighted by Crippen LogP contribution is 2.30. The molecule has 21 heavy (non-hydrogen) atoms. The van der Waals surface area contributed by atoms with Crippen molar-refractivity contribution in [1.82, 2.24) is 4.31 Å². The van der Waals surface area contributed by atoms with E-state index in [0.29, 0.717) is 19.0 Å². The second-order valence-corrected chi connectivity index (χ2v) is 7.33. The largest absolute Gasteiger partial charge is 0.399 e. The minimum absolute atomic E-state index is 0.197. The maximum absolute atomic E-state index is 12.7. The Morgan fingerprint density at radius 1 is 1.33 bits per heavy atom. The Morgan fingerprint density at radius 2 is 2.05 bits per heavy atom. The lowest BCUT2D eigenvalue weighted by atomic mass is 10.0. The minimum atomic E-state index is -3.90. The van der Waals surface area contributed by atoms with E-state index >= 15 is 0 Å². The molecule has 0 bridgehead atoms. The number of hydrogen-bond acceptors (Lipinski definition) is 5. The van der Waals surface area contributed by atoms with Crippen molar-refractivity contribution < 1.29 is 13.3 Å². The van der Waals surface area contributed by atoms with E-state index in [-0.39, 0.29) is 10.6 Å². The zero-order valence-electron chi connectivity index (χ0n) is 11.9. The molecule has 0 aliphatic carbocycles. The van der Waals surface area contributed by atoms with E-state index in [4.69, 9.17) is 5.73 Å². The number of hydrogen-bond donors (Lipinski definition) is 1. The monoisotopic (exact) mass is 313 g/mol. The first-order valence-corrected chi connectivity index (χ1v) is 8.30. The third-order valence-electron chi connectivity index (χ3n) is 3.77. The molecular weight excluding hydrogens is 294 g/mol. The number of benzene rings is 1. The van der Waals surface area contributed by atoms with E-state index in [2.05, 4.69) is 6.92 Å². The van der Waals surface area contributed by atoms with Crippen LogP contribution in [0.1, 0.15) is 26.2 Å². The molecule has 1 heterocycles. The predicted octanol–water partition coefficient (Wildman–Crippen LogP) is 1.99. The average Bonchev–Trinajstić information content (AvgIpc) is 2.63. The summed E-state index contributed by atoms with van der Waals surface area (Å²) in [5, 5.41) is 11.1. The van der Waals surface area contributed by atoms with Crippen LogP contribution in [0.2, 0.25) is 0 Å². The lowest BCUT2D eigenvalue weighted by Crippen LogP contribution is -2.32. The molecule has 0 radical (unpaired) electrons. The molecule has 2 rings (SSSR count). The van der Waals surface area contributed by atoms with Crippen LogP contribution in [-0.4, -0.2) is 30.7 Å². The van der Waals surface area contributed by atoms with E-state index in [0.717, 1.165) is 25.3 Å². The van der Waals surface area contributed by atoms with Crippen molar-refractivity contribution in [2.45, 2.75) is 31.1 Å². The molecule has 1 aromatic rings. The van der Waals surface area contributed by atoms with Crippen molar-refractivity contribution in [2.24, 2.45) is 5.92 Å². The van der Waals surface area contributed by atoms with E-state index < -0.39 is 20.6 Å². The molecule has 8 heteroatoms. The SMILES string of the molecule is CC1CCCN(S(=O)(=O)c2cc(N)ccc2[N+](=O)[O-])CC1. The van der Waals surface area contributed by atoms with Gasteiger partial charge in [-0.3, -0.25) is 10.1 Å². The summed E-state index contributed by atoms with van der Waals surface area (Å²) < 4.78 is 26.7. The van der Waals surface area contributed by atoms with Crippen molar-refractivity contribution in [2.75, 3.05) is 18.8 Å². The van der Waals surface area contributed by atoms with Gasteiger partial charge < -0.3 is 5.73 Å². The number of nitrogens with zero attached hydrogens (tertiary/aromatic N) is 2. The first-order chi connectivity index (χ1) is 9.82. The topological polar surface area (TPSA) is 107 Å². The van der Waals surface area contributed by atoms with Gasteiger partial charge in [-0.2, -0.15) is 4.31 Å². The summed E-state index contributed by atoms with van der Waals surface area (Å²) >= 11 is 0. The second-order valence-electron chi connectivity index (χ2n) is 5.42. The molecule has 0 saturated carbocycles. The third kappa shape index (κ3) is 3.33. The van der Waals surface area contributed by atoms with Crippen LogP contribution >= 0.6 is 0 Å². The molecule has 0 spiro atoms. The second kappa shape index (κ2) is 5.98. The first-order valence-electron chi connectivity index (χ1n) is 6.86. The van der Waals surface area contributed by atoms with Gasteiger partial charge >= 0.3 is 0 Å². The van der Waals surface area contributed by atoms with Crippen LogP contribution in [0.5, 0.6) is 0 Å². The summed E-state index contributed by atoms with van der Waals surface area (Å²) in [5.74, 6) is 0.459. The Labute approximate surface area is 123 Å². The molecule has 1 aromatic carbocycles. The molecule has 1 aliphatic rings. The number of anilines is 1. The predicted molar refractivity (Wildman–Crippen MR) is 79.3 cm³/mol. The molecule has 1 fully saturated rings. The quantitative estimate of drug-likeness (QED) is 0.521. The molecule has 1 aliphatic heterocycles. The van der Waals surface area contributed by atoms with Crippen LogP contribution in [0, 0.1) is 16.0 Å². The van der Waals surface area contributed by atoms with Crippen molar-refractivity contribution in [3.05, 3.63) is 28.3 Å². The van der Waals surface area contributed by atoms with Gasteiger partial charge in [0.25, 0.3) is 5.69 Å². The van der Waals surface area contributed by atoms with Crippen LogP contribution in [0.4, 0.5) is 11.4 Å². The highest BCUT2D eigenvalue weighted by Gasteiger charge is 2.32. The number of nitro benzene ring substituents is 1. The average molecular weight is 313 g/mol. The van der Waals surface area contributed by atoms with Gasteiger partial charge in [-0.15, -0.1) is 0 Å². The zero-order valence-corrected chi connectivity index (χ0v) is 12.7. The summed E-state index contributed by atoms with van der Waals surface area (Å²) in [6, 6.07) is 3.64. The normalized spacial score (nSPS) is 20.9. The van der Waals surface area contributed by atoms with Crippen LogP contribution in [0.25, 0.3) is 0 Å². The number of sulfonamides is 1. The molecule has 0 amide bonds. The van der Waals surface area contributed by atoms with Gasteiger partial charge in [0.2, 0.25) is 10.0 Å². The van der Waals surface area contributed by atoms with Gasteiger partial charge in [-0.1, -0.05) is 6.92 Å². The summed E-state index contributed by atoms with van der Waals surface area (Å²) in [6.07, 6.45) is 2.48. The zero-order chi connectivity index (χ0) is 15.6. The molecule has 1 atom stereocenters. The lowest BCUT2D eigenvalue weighted by molar-refractivity contribution is -0.387. The summed E-state index contributed by atoms with van der Waals surface area (Å²) in [6.45, 7) is 2.85. The smallest absolute Gasteiger partial charge is 0.289 e. The lowest BCUT2D eigenvalue weighted by Gasteiger charge is -2.20. The third-order valence-corrected chi connectivity index (χ3v) is 5.70. The van der Waals surface area contributed by atoms with Crippen LogP contribution in [0.3, 0.4) is 0 Å². The highest BCUT2D eigenvalue weighted by atomic mass is 32.2. The fraction of sp³-hybridized carbons (Fsp3) is 0.538. The van der Waals surface area contributed by atoms with Crippen molar-refractivity contribution in [3.8, 4) is 0 Å². The van der Waals surface area contributed by atoms with Gasteiger partial charge in [-0.05, 0) is 37.3 Å². The van der Waals surface area contributed by atoms with Gasteiger partial charge in [0.1, 0.15) is 0 Å². The van der Waals surface area contributed by atoms with Crippen LogP contribution in [-0.2, 0) is 10.0 Å². The van der Waals surface area contributed by atoms with Gasteiger partial charge in [0, 0.05) is 24.8 Å². The summed E-state index contributed by atoms with van der Waals surface area (Å²) in [4.78, 5) is 10.1.